The van der Waals surface area contributed by atoms with Crippen molar-refractivity contribution in [3.63, 3.8) is 0 Å². The molecule has 0 atom stereocenters. The van der Waals surface area contributed by atoms with Gasteiger partial charge in [-0.05, 0) is 32.4 Å². The van der Waals surface area contributed by atoms with Crippen LogP contribution in [0.3, 0.4) is 0 Å². The van der Waals surface area contributed by atoms with Gasteiger partial charge < -0.3 is 5.11 Å². The molecule has 0 unspecified atom stereocenters. The Morgan fingerprint density at radius 3 is 2.59 bits per heavy atom. The molecule has 90 valence electrons. The van der Waals surface area contributed by atoms with Gasteiger partial charge in [0.2, 0.25) is 0 Å². The summed E-state index contributed by atoms with van der Waals surface area (Å²) in [6, 6.07) is 4.81. The second kappa shape index (κ2) is 3.92. The number of aromatic nitrogens is 3. The Hall–Kier alpha value is -1.75. The third-order valence-corrected chi connectivity index (χ3v) is 2.54. The van der Waals surface area contributed by atoms with Crippen molar-refractivity contribution in [1.29, 1.82) is 0 Å². The van der Waals surface area contributed by atoms with Gasteiger partial charge in [-0.1, -0.05) is 17.3 Å². The second-order valence-electron chi connectivity index (χ2n) is 4.51. The van der Waals surface area contributed by atoms with Gasteiger partial charge in [0.15, 0.2) is 0 Å². The first-order chi connectivity index (χ1) is 7.89. The second-order valence-corrected chi connectivity index (χ2v) is 4.51. The van der Waals surface area contributed by atoms with Crippen molar-refractivity contribution in [3.05, 3.63) is 41.5 Å². The number of hydrogen-bond acceptors (Lipinski definition) is 3. The van der Waals surface area contributed by atoms with Crippen molar-refractivity contribution in [2.45, 2.75) is 26.4 Å². The maximum atomic E-state index is 13.7. The highest BCUT2D eigenvalue weighted by Crippen LogP contribution is 2.20. The van der Waals surface area contributed by atoms with E-state index in [0.717, 1.165) is 5.56 Å². The molecule has 0 radical (unpaired) electrons. The average Bonchev–Trinajstić information content (AvgIpc) is 2.65. The van der Waals surface area contributed by atoms with Gasteiger partial charge >= 0.3 is 0 Å². The highest BCUT2D eigenvalue weighted by Gasteiger charge is 2.21. The van der Waals surface area contributed by atoms with Gasteiger partial charge in [-0.15, -0.1) is 5.10 Å². The number of para-hydroxylation sites is 1. The van der Waals surface area contributed by atoms with Crippen LogP contribution in [0.2, 0.25) is 0 Å². The third-order valence-electron chi connectivity index (χ3n) is 2.54. The Morgan fingerprint density at radius 2 is 2.06 bits per heavy atom. The zero-order valence-corrected chi connectivity index (χ0v) is 9.98. The van der Waals surface area contributed by atoms with Crippen LogP contribution in [0.1, 0.15) is 25.1 Å². The molecule has 2 aromatic rings. The molecule has 2 rings (SSSR count). The van der Waals surface area contributed by atoms with E-state index in [-0.39, 0.29) is 5.82 Å². The van der Waals surface area contributed by atoms with Crippen molar-refractivity contribution in [1.82, 2.24) is 15.0 Å². The van der Waals surface area contributed by atoms with Gasteiger partial charge in [0.25, 0.3) is 0 Å². The molecule has 0 aliphatic rings. The minimum atomic E-state index is -1.09. The smallest absolute Gasteiger partial charge is 0.149 e. The van der Waals surface area contributed by atoms with Crippen LogP contribution in [0.5, 0.6) is 0 Å². The van der Waals surface area contributed by atoms with Gasteiger partial charge in [-0.3, -0.25) is 0 Å². The van der Waals surface area contributed by atoms with E-state index in [1.165, 1.54) is 16.9 Å². The third kappa shape index (κ3) is 2.19. The normalized spacial score (nSPS) is 11.8. The quantitative estimate of drug-likeness (QED) is 0.865. The molecule has 0 amide bonds. The van der Waals surface area contributed by atoms with Crippen molar-refractivity contribution in [2.75, 3.05) is 0 Å². The van der Waals surface area contributed by atoms with Crippen molar-refractivity contribution in [2.24, 2.45) is 0 Å². The van der Waals surface area contributed by atoms with Gasteiger partial charge in [0.05, 0.1) is 6.20 Å². The fourth-order valence-electron chi connectivity index (χ4n) is 1.57. The van der Waals surface area contributed by atoms with E-state index in [1.54, 1.807) is 32.9 Å². The number of benzene rings is 1. The van der Waals surface area contributed by atoms with Crippen LogP contribution in [0.25, 0.3) is 5.69 Å². The van der Waals surface area contributed by atoms with Crippen LogP contribution in [0.15, 0.2) is 24.4 Å². The molecule has 1 aromatic heterocycles. The van der Waals surface area contributed by atoms with E-state index in [9.17, 15) is 9.50 Å². The summed E-state index contributed by atoms with van der Waals surface area (Å²) < 4.78 is 15.0. The van der Waals surface area contributed by atoms with Gasteiger partial charge in [0.1, 0.15) is 22.8 Å². The average molecular weight is 235 g/mol. The summed E-state index contributed by atoms with van der Waals surface area (Å²) >= 11 is 0. The van der Waals surface area contributed by atoms with Crippen molar-refractivity contribution < 1.29 is 9.50 Å². The summed E-state index contributed by atoms with van der Waals surface area (Å²) in [4.78, 5) is 0. The van der Waals surface area contributed by atoms with E-state index in [1.807, 2.05) is 0 Å². The molecule has 0 fully saturated rings. The van der Waals surface area contributed by atoms with E-state index in [2.05, 4.69) is 10.3 Å². The van der Waals surface area contributed by atoms with Crippen LogP contribution in [-0.2, 0) is 5.60 Å². The largest absolute Gasteiger partial charge is 0.384 e. The molecule has 0 spiro atoms. The lowest BCUT2D eigenvalue weighted by Crippen LogP contribution is -2.15. The molecule has 0 saturated heterocycles. The first-order valence-corrected chi connectivity index (χ1v) is 5.30. The molecule has 0 aliphatic carbocycles. The monoisotopic (exact) mass is 235 g/mol. The number of aryl methyl sites for hydroxylation is 1. The summed E-state index contributed by atoms with van der Waals surface area (Å²) in [5, 5.41) is 17.5. The number of rotatable bonds is 2. The Bertz CT molecular complexity index is 523. The zero-order chi connectivity index (χ0) is 12.6. The molecular formula is C12H14FN3O. The van der Waals surface area contributed by atoms with E-state index >= 15 is 0 Å². The standard InChI is InChI=1S/C12H14FN3O/c1-8-5-4-6-9(13)11(8)16-7-10(14-15-16)12(2,3)17/h4-7,17H,1-3H3. The first kappa shape index (κ1) is 11.7. The number of nitrogens with zero attached hydrogens (tertiary/aromatic N) is 3. The molecule has 0 aliphatic heterocycles. The first-order valence-electron chi connectivity index (χ1n) is 5.30. The Balaban J connectivity index is 2.51. The minimum Gasteiger partial charge on any atom is -0.384 e. The van der Waals surface area contributed by atoms with Crippen molar-refractivity contribution in [3.8, 4) is 5.69 Å². The van der Waals surface area contributed by atoms with Crippen LogP contribution >= 0.6 is 0 Å². The molecule has 1 aromatic carbocycles. The predicted octanol–water partition coefficient (Wildman–Crippen LogP) is 1.94. The summed E-state index contributed by atoms with van der Waals surface area (Å²) in [5.41, 5.74) is 0.435. The highest BCUT2D eigenvalue weighted by atomic mass is 19.1. The number of aliphatic hydroxyl groups is 1. The molecule has 1 heterocycles. The lowest BCUT2D eigenvalue weighted by molar-refractivity contribution is 0.0737. The summed E-state index contributed by atoms with van der Waals surface area (Å²) in [6.07, 6.45) is 1.53. The van der Waals surface area contributed by atoms with E-state index in [4.69, 9.17) is 0 Å². The van der Waals surface area contributed by atoms with Crippen LogP contribution in [0, 0.1) is 12.7 Å². The zero-order valence-electron chi connectivity index (χ0n) is 9.98. The Kier molecular flexibility index (Phi) is 2.71. The molecule has 5 heteroatoms. The molecule has 0 bridgehead atoms. The van der Waals surface area contributed by atoms with Crippen LogP contribution in [0.4, 0.5) is 4.39 Å². The van der Waals surface area contributed by atoms with Gasteiger partial charge in [-0.25, -0.2) is 9.07 Å². The molecule has 17 heavy (non-hydrogen) atoms. The molecule has 0 saturated carbocycles. The predicted molar refractivity (Wildman–Crippen MR) is 61.3 cm³/mol. The maximum Gasteiger partial charge on any atom is 0.149 e. The van der Waals surface area contributed by atoms with E-state index in [0.29, 0.717) is 11.4 Å². The summed E-state index contributed by atoms with van der Waals surface area (Å²) in [6.45, 7) is 5.01. The van der Waals surface area contributed by atoms with Crippen molar-refractivity contribution >= 4 is 0 Å². The lowest BCUT2D eigenvalue weighted by atomic mass is 10.1. The molecule has 4 nitrogen and oxygen atoms in total. The minimum absolute atomic E-state index is 0.357. The molecule has 1 N–H and O–H groups in total. The lowest BCUT2D eigenvalue weighted by Gasteiger charge is -2.12. The Labute approximate surface area is 98.7 Å². The fourth-order valence-corrected chi connectivity index (χ4v) is 1.57. The topological polar surface area (TPSA) is 50.9 Å². The summed E-state index contributed by atoms with van der Waals surface area (Å²) in [7, 11) is 0. The van der Waals surface area contributed by atoms with Gasteiger partial charge in [-0.2, -0.15) is 0 Å². The SMILES string of the molecule is Cc1cccc(F)c1-n1cc(C(C)(C)O)nn1. The Morgan fingerprint density at radius 1 is 1.35 bits per heavy atom. The van der Waals surface area contributed by atoms with E-state index < -0.39 is 5.60 Å². The molecular weight excluding hydrogens is 221 g/mol. The number of hydrogen-bond donors (Lipinski definition) is 1. The van der Waals surface area contributed by atoms with Crippen LogP contribution < -0.4 is 0 Å². The summed E-state index contributed by atoms with van der Waals surface area (Å²) in [5.74, 6) is -0.364. The van der Waals surface area contributed by atoms with Crippen LogP contribution in [-0.4, -0.2) is 20.1 Å². The maximum absolute atomic E-state index is 13.7. The highest BCUT2D eigenvalue weighted by molar-refractivity contribution is 5.40. The number of halogens is 1. The fraction of sp³-hybridized carbons (Fsp3) is 0.333. The van der Waals surface area contributed by atoms with Gasteiger partial charge in [0, 0.05) is 0 Å².